The maximum atomic E-state index is 13.8. The molecule has 2 aromatic carbocycles. The lowest BCUT2D eigenvalue weighted by Crippen LogP contribution is -2.54. The standard InChI is InChI=1S/C30H36ClIN2O5/c31-23-12-9-21(10-13-23)19-34(28(36)14-11-20-5-1-2-6-20)25-17-22(30(38)33-15-16-35)18-27(29(25)37)39-26-8-4-3-7-24(26)32/h3-4,7-10,12-13,18,20,25,27,29,35,37H,1-2,5-6,11,14-17,19H2,(H,33,38). The topological polar surface area (TPSA) is 99.1 Å². The fourth-order valence-corrected chi connectivity index (χ4v) is 6.05. The molecule has 1 fully saturated rings. The summed E-state index contributed by atoms with van der Waals surface area (Å²) in [7, 11) is 0. The highest BCUT2D eigenvalue weighted by atomic mass is 127. The van der Waals surface area contributed by atoms with Crippen molar-refractivity contribution in [3.05, 3.63) is 74.3 Å². The maximum absolute atomic E-state index is 13.8. The summed E-state index contributed by atoms with van der Waals surface area (Å²) in [5.74, 6) is 0.748. The third kappa shape index (κ3) is 8.19. The first-order valence-electron chi connectivity index (χ1n) is 13.6. The molecule has 0 aliphatic heterocycles. The normalized spacial score (nSPS) is 21.3. The summed E-state index contributed by atoms with van der Waals surface area (Å²) in [6.07, 6.45) is 5.85. The molecular formula is C30H36ClIN2O5. The van der Waals surface area contributed by atoms with Crippen LogP contribution in [0.25, 0.3) is 0 Å². The van der Waals surface area contributed by atoms with Crippen LogP contribution in [0.2, 0.25) is 5.02 Å². The van der Waals surface area contributed by atoms with Crippen LogP contribution in [-0.4, -0.2) is 58.3 Å². The van der Waals surface area contributed by atoms with Crippen molar-refractivity contribution in [3.8, 4) is 5.75 Å². The lowest BCUT2D eigenvalue weighted by atomic mass is 9.87. The van der Waals surface area contributed by atoms with Crippen LogP contribution in [0.1, 0.15) is 50.5 Å². The molecule has 0 spiro atoms. The van der Waals surface area contributed by atoms with Gasteiger partial charge in [0.25, 0.3) is 0 Å². The number of nitrogens with zero attached hydrogens (tertiary/aromatic N) is 1. The van der Waals surface area contributed by atoms with Gasteiger partial charge in [-0.1, -0.05) is 61.5 Å². The molecule has 3 unspecified atom stereocenters. The van der Waals surface area contributed by atoms with E-state index in [4.69, 9.17) is 16.3 Å². The van der Waals surface area contributed by atoms with E-state index in [-0.39, 0.29) is 37.9 Å². The van der Waals surface area contributed by atoms with Crippen LogP contribution in [0, 0.1) is 9.49 Å². The van der Waals surface area contributed by atoms with Gasteiger partial charge in [0.05, 0.1) is 16.2 Å². The number of benzene rings is 2. The number of hydrogen-bond acceptors (Lipinski definition) is 5. The Morgan fingerprint density at radius 3 is 2.51 bits per heavy atom. The molecule has 0 radical (unpaired) electrons. The highest BCUT2D eigenvalue weighted by molar-refractivity contribution is 14.1. The summed E-state index contributed by atoms with van der Waals surface area (Å²) in [5, 5.41) is 24.1. The fraction of sp³-hybridized carbons (Fsp3) is 0.467. The van der Waals surface area contributed by atoms with Gasteiger partial charge in [-0.3, -0.25) is 9.59 Å². The fourth-order valence-electron chi connectivity index (χ4n) is 5.41. The first-order chi connectivity index (χ1) is 18.9. The SMILES string of the molecule is O=C(NCCO)C1=CC(Oc2ccccc2I)C(O)C(N(Cc2ccc(Cl)cc2)C(=O)CCC2CCCC2)C1. The Balaban J connectivity index is 1.63. The first kappa shape index (κ1) is 29.8. The Hall–Kier alpha value is -2.14. The Kier molecular flexibility index (Phi) is 11.1. The lowest BCUT2D eigenvalue weighted by Gasteiger charge is -2.41. The number of amides is 2. The average molecular weight is 667 g/mol. The molecule has 0 saturated heterocycles. The number of aliphatic hydroxyl groups excluding tert-OH is 2. The molecule has 2 aliphatic carbocycles. The molecule has 3 N–H and O–H groups in total. The first-order valence-corrected chi connectivity index (χ1v) is 15.0. The zero-order chi connectivity index (χ0) is 27.8. The summed E-state index contributed by atoms with van der Waals surface area (Å²) in [6, 6.07) is 14.1. The molecule has 2 amide bonds. The molecule has 39 heavy (non-hydrogen) atoms. The van der Waals surface area contributed by atoms with Crippen molar-refractivity contribution in [1.82, 2.24) is 10.2 Å². The van der Waals surface area contributed by atoms with Gasteiger partial charge in [-0.2, -0.15) is 0 Å². The van der Waals surface area contributed by atoms with Crippen LogP contribution in [0.3, 0.4) is 0 Å². The Morgan fingerprint density at radius 2 is 1.82 bits per heavy atom. The van der Waals surface area contributed by atoms with Crippen molar-refractivity contribution in [1.29, 1.82) is 0 Å². The average Bonchev–Trinajstić information content (AvgIpc) is 3.46. The van der Waals surface area contributed by atoms with Gasteiger partial charge in [0.2, 0.25) is 11.8 Å². The molecular weight excluding hydrogens is 631 g/mol. The van der Waals surface area contributed by atoms with Crippen LogP contribution >= 0.6 is 34.2 Å². The van der Waals surface area contributed by atoms with E-state index >= 15 is 0 Å². The molecule has 0 bridgehead atoms. The molecule has 2 aromatic rings. The minimum Gasteiger partial charge on any atom is -0.482 e. The molecule has 7 nitrogen and oxygen atoms in total. The van der Waals surface area contributed by atoms with Gasteiger partial charge < -0.3 is 25.2 Å². The Bertz CT molecular complexity index is 1150. The Labute approximate surface area is 248 Å². The van der Waals surface area contributed by atoms with E-state index in [2.05, 4.69) is 27.9 Å². The van der Waals surface area contributed by atoms with Crippen LogP contribution < -0.4 is 10.1 Å². The molecule has 0 aromatic heterocycles. The quantitative estimate of drug-likeness (QED) is 0.298. The third-order valence-corrected chi connectivity index (χ3v) is 8.69. The zero-order valence-electron chi connectivity index (χ0n) is 21.9. The van der Waals surface area contributed by atoms with Crippen LogP contribution in [0.5, 0.6) is 5.75 Å². The number of carbonyl (C=O) groups excluding carboxylic acids is 2. The molecule has 2 aliphatic rings. The van der Waals surface area contributed by atoms with E-state index < -0.39 is 18.2 Å². The second kappa shape index (κ2) is 14.5. The van der Waals surface area contributed by atoms with Crippen LogP contribution in [-0.2, 0) is 16.1 Å². The smallest absolute Gasteiger partial charge is 0.247 e. The van der Waals surface area contributed by atoms with E-state index in [1.54, 1.807) is 23.1 Å². The minimum atomic E-state index is -1.06. The van der Waals surface area contributed by atoms with Gasteiger partial charge in [-0.25, -0.2) is 0 Å². The molecule has 3 atom stereocenters. The van der Waals surface area contributed by atoms with Crippen molar-refractivity contribution >= 4 is 46.0 Å². The zero-order valence-corrected chi connectivity index (χ0v) is 24.8. The largest absolute Gasteiger partial charge is 0.482 e. The van der Waals surface area contributed by atoms with Crippen molar-refractivity contribution < 1.29 is 24.5 Å². The van der Waals surface area contributed by atoms with Crippen LogP contribution in [0.4, 0.5) is 0 Å². The van der Waals surface area contributed by atoms with Gasteiger partial charge in [-0.15, -0.1) is 0 Å². The maximum Gasteiger partial charge on any atom is 0.247 e. The van der Waals surface area contributed by atoms with Crippen molar-refractivity contribution in [2.24, 2.45) is 5.92 Å². The minimum absolute atomic E-state index is 0.0500. The number of rotatable bonds is 11. The van der Waals surface area contributed by atoms with E-state index in [1.165, 1.54) is 12.8 Å². The van der Waals surface area contributed by atoms with Gasteiger partial charge >= 0.3 is 0 Å². The number of hydrogen-bond donors (Lipinski definition) is 3. The van der Waals surface area contributed by atoms with Gasteiger partial charge in [0.1, 0.15) is 18.0 Å². The number of para-hydroxylation sites is 1. The second-order valence-corrected chi connectivity index (χ2v) is 11.9. The summed E-state index contributed by atoms with van der Waals surface area (Å²) in [4.78, 5) is 28.5. The monoisotopic (exact) mass is 666 g/mol. The lowest BCUT2D eigenvalue weighted by molar-refractivity contribution is -0.139. The number of carbonyl (C=O) groups is 2. The molecule has 9 heteroatoms. The van der Waals surface area contributed by atoms with Gasteiger partial charge in [0, 0.05) is 36.5 Å². The highest BCUT2D eigenvalue weighted by Crippen LogP contribution is 2.32. The van der Waals surface area contributed by atoms with Crippen LogP contribution in [0.15, 0.2) is 60.2 Å². The van der Waals surface area contributed by atoms with Crippen molar-refractivity contribution in [3.63, 3.8) is 0 Å². The van der Waals surface area contributed by atoms with E-state index in [0.29, 0.717) is 28.7 Å². The number of nitrogens with one attached hydrogen (secondary N) is 1. The second-order valence-electron chi connectivity index (χ2n) is 10.3. The summed E-state index contributed by atoms with van der Waals surface area (Å²) in [6.45, 7) is 0.208. The predicted molar refractivity (Wildman–Crippen MR) is 159 cm³/mol. The van der Waals surface area contributed by atoms with Crippen molar-refractivity contribution in [2.45, 2.75) is 69.7 Å². The van der Waals surface area contributed by atoms with Gasteiger partial charge in [0.15, 0.2) is 0 Å². The van der Waals surface area contributed by atoms with E-state index in [0.717, 1.165) is 28.4 Å². The highest BCUT2D eigenvalue weighted by Gasteiger charge is 2.40. The molecule has 210 valence electrons. The number of aliphatic hydroxyl groups is 2. The summed E-state index contributed by atoms with van der Waals surface area (Å²) < 4.78 is 7.10. The Morgan fingerprint density at radius 1 is 1.10 bits per heavy atom. The summed E-state index contributed by atoms with van der Waals surface area (Å²) >= 11 is 8.27. The van der Waals surface area contributed by atoms with Crippen molar-refractivity contribution in [2.75, 3.05) is 13.2 Å². The van der Waals surface area contributed by atoms with E-state index in [1.807, 2.05) is 36.4 Å². The molecule has 4 rings (SSSR count). The number of halogens is 2. The third-order valence-electron chi connectivity index (χ3n) is 7.54. The van der Waals surface area contributed by atoms with Gasteiger partial charge in [-0.05, 0) is 70.8 Å². The van der Waals surface area contributed by atoms with E-state index in [9.17, 15) is 19.8 Å². The summed E-state index contributed by atoms with van der Waals surface area (Å²) in [5.41, 5.74) is 1.30. The molecule has 1 saturated carbocycles. The molecule has 0 heterocycles. The number of ether oxygens (including phenoxy) is 1. The predicted octanol–water partition coefficient (Wildman–Crippen LogP) is 4.86.